The van der Waals surface area contributed by atoms with Crippen molar-refractivity contribution in [2.45, 2.75) is 26.6 Å². The molecular formula is C31H20F6N2. The van der Waals surface area contributed by atoms with Gasteiger partial charge in [0.25, 0.3) is 0 Å². The fraction of sp³-hybridized carbons (Fsp3) is 0.129. The molecule has 2 nitrogen and oxygen atoms in total. The van der Waals surface area contributed by atoms with E-state index in [0.717, 1.165) is 27.4 Å². The number of rotatable bonds is 3. The SMILES string of the molecule is Cc1cccc(C#Cc2ccc(-c3c4cccc(C(F)(F)F)c4nn3Cc3c(F)cc(F)cc3F)cc2)c1C. The molecule has 5 rings (SSSR count). The fourth-order valence-corrected chi connectivity index (χ4v) is 4.41. The first kappa shape index (κ1) is 26.1. The molecule has 0 aliphatic rings. The molecule has 0 unspecified atom stereocenters. The highest BCUT2D eigenvalue weighted by atomic mass is 19.4. The number of alkyl halides is 3. The van der Waals surface area contributed by atoms with E-state index in [1.165, 1.54) is 12.1 Å². The number of nitrogens with zero attached hydrogens (tertiary/aromatic N) is 2. The van der Waals surface area contributed by atoms with Crippen LogP contribution in [0.4, 0.5) is 26.3 Å². The summed E-state index contributed by atoms with van der Waals surface area (Å²) in [5.41, 5.74) is 2.58. The molecule has 5 aromatic rings. The molecule has 4 aromatic carbocycles. The molecule has 0 spiro atoms. The predicted molar refractivity (Wildman–Crippen MR) is 137 cm³/mol. The van der Waals surface area contributed by atoms with Gasteiger partial charge >= 0.3 is 6.18 Å². The standard InChI is InChI=1S/C31H20F6N2/c1-18-5-3-6-21(19(18)2)12-9-20-10-13-22(14-11-20)30-24-7-4-8-26(31(35,36)37)29(24)38-39(30)17-25-27(33)15-23(32)16-28(25)34/h3-8,10-11,13-16H,17H2,1-2H3. The lowest BCUT2D eigenvalue weighted by Crippen LogP contribution is -2.09. The van der Waals surface area contributed by atoms with Gasteiger partial charge in [0.2, 0.25) is 0 Å². The van der Waals surface area contributed by atoms with Crippen molar-refractivity contribution >= 4 is 10.9 Å². The Morgan fingerprint density at radius 1 is 0.821 bits per heavy atom. The highest BCUT2D eigenvalue weighted by Crippen LogP contribution is 2.38. The average Bonchev–Trinajstić information content (AvgIpc) is 3.25. The van der Waals surface area contributed by atoms with Crippen molar-refractivity contribution in [1.82, 2.24) is 9.78 Å². The van der Waals surface area contributed by atoms with Crippen LogP contribution in [0.2, 0.25) is 0 Å². The Balaban J connectivity index is 1.62. The van der Waals surface area contributed by atoms with E-state index in [1.807, 2.05) is 32.0 Å². The highest BCUT2D eigenvalue weighted by Gasteiger charge is 2.34. The minimum absolute atomic E-state index is 0.155. The molecule has 0 saturated heterocycles. The molecule has 8 heteroatoms. The van der Waals surface area contributed by atoms with Crippen LogP contribution in [0.1, 0.15) is 33.4 Å². The van der Waals surface area contributed by atoms with Gasteiger partial charge in [0.05, 0.1) is 17.8 Å². The maximum absolute atomic E-state index is 14.5. The summed E-state index contributed by atoms with van der Waals surface area (Å²) in [6, 6.07) is 17.2. The van der Waals surface area contributed by atoms with E-state index >= 15 is 0 Å². The zero-order valence-electron chi connectivity index (χ0n) is 20.8. The minimum Gasteiger partial charge on any atom is -0.259 e. The lowest BCUT2D eigenvalue weighted by atomic mass is 10.0. The van der Waals surface area contributed by atoms with Crippen LogP contribution in [0, 0.1) is 43.1 Å². The first-order valence-electron chi connectivity index (χ1n) is 11.9. The van der Waals surface area contributed by atoms with E-state index in [2.05, 4.69) is 16.9 Å². The number of aromatic nitrogens is 2. The zero-order valence-corrected chi connectivity index (χ0v) is 20.8. The van der Waals surface area contributed by atoms with Crippen molar-refractivity contribution in [3.05, 3.63) is 124 Å². The Kier molecular flexibility index (Phi) is 6.69. The van der Waals surface area contributed by atoms with Crippen molar-refractivity contribution < 1.29 is 26.3 Å². The lowest BCUT2D eigenvalue weighted by molar-refractivity contribution is -0.136. The van der Waals surface area contributed by atoms with E-state index in [4.69, 9.17) is 0 Å². The van der Waals surface area contributed by atoms with Gasteiger partial charge in [0.1, 0.15) is 23.0 Å². The van der Waals surface area contributed by atoms with Gasteiger partial charge in [-0.25, -0.2) is 13.2 Å². The van der Waals surface area contributed by atoms with Gasteiger partial charge in [0.15, 0.2) is 0 Å². The summed E-state index contributed by atoms with van der Waals surface area (Å²) in [6.07, 6.45) is -4.70. The summed E-state index contributed by atoms with van der Waals surface area (Å²) in [6.45, 7) is 3.43. The Morgan fingerprint density at radius 3 is 2.15 bits per heavy atom. The van der Waals surface area contributed by atoms with Crippen molar-refractivity contribution in [2.75, 3.05) is 0 Å². The second-order valence-corrected chi connectivity index (χ2v) is 9.13. The topological polar surface area (TPSA) is 17.8 Å². The second kappa shape index (κ2) is 9.99. The van der Waals surface area contributed by atoms with Gasteiger partial charge in [-0.1, -0.05) is 48.2 Å². The summed E-state index contributed by atoms with van der Waals surface area (Å²) < 4.78 is 84.8. The summed E-state index contributed by atoms with van der Waals surface area (Å²) >= 11 is 0. The van der Waals surface area contributed by atoms with Crippen LogP contribution in [-0.4, -0.2) is 9.78 Å². The fourth-order valence-electron chi connectivity index (χ4n) is 4.41. The van der Waals surface area contributed by atoms with Gasteiger partial charge < -0.3 is 0 Å². The number of hydrogen-bond donors (Lipinski definition) is 0. The first-order valence-corrected chi connectivity index (χ1v) is 11.9. The molecular weight excluding hydrogens is 514 g/mol. The smallest absolute Gasteiger partial charge is 0.259 e. The third-order valence-corrected chi connectivity index (χ3v) is 6.59. The largest absolute Gasteiger partial charge is 0.418 e. The molecule has 0 atom stereocenters. The third kappa shape index (κ3) is 5.13. The van der Waals surface area contributed by atoms with Crippen LogP contribution < -0.4 is 0 Å². The van der Waals surface area contributed by atoms with E-state index in [0.29, 0.717) is 23.3 Å². The number of aryl methyl sites for hydroxylation is 1. The summed E-state index contributed by atoms with van der Waals surface area (Å²) in [4.78, 5) is 0. The molecule has 0 amide bonds. The molecule has 1 heterocycles. The third-order valence-electron chi connectivity index (χ3n) is 6.59. The number of hydrogen-bond acceptors (Lipinski definition) is 1. The molecule has 0 fully saturated rings. The van der Waals surface area contributed by atoms with Crippen molar-refractivity contribution in [1.29, 1.82) is 0 Å². The molecule has 0 N–H and O–H groups in total. The van der Waals surface area contributed by atoms with Crippen LogP contribution >= 0.6 is 0 Å². The van der Waals surface area contributed by atoms with E-state index in [1.54, 1.807) is 24.3 Å². The van der Waals surface area contributed by atoms with Gasteiger partial charge in [-0.2, -0.15) is 18.3 Å². The zero-order chi connectivity index (χ0) is 27.9. The first-order chi connectivity index (χ1) is 18.5. The van der Waals surface area contributed by atoms with Crippen LogP contribution in [0.3, 0.4) is 0 Å². The van der Waals surface area contributed by atoms with Crippen molar-refractivity contribution in [3.63, 3.8) is 0 Å². The Bertz CT molecular complexity index is 1750. The minimum atomic E-state index is -4.70. The van der Waals surface area contributed by atoms with E-state index in [9.17, 15) is 26.3 Å². The van der Waals surface area contributed by atoms with Gasteiger partial charge in [-0.05, 0) is 49.2 Å². The number of halogens is 6. The monoisotopic (exact) mass is 534 g/mol. The molecule has 196 valence electrons. The Hall–Kier alpha value is -4.51. The van der Waals surface area contributed by atoms with Gasteiger partial charge in [-0.3, -0.25) is 4.68 Å². The average molecular weight is 535 g/mol. The molecule has 0 bridgehead atoms. The predicted octanol–water partition coefficient (Wildman–Crippen LogP) is 8.20. The second-order valence-electron chi connectivity index (χ2n) is 9.13. The Morgan fingerprint density at radius 2 is 1.49 bits per heavy atom. The maximum Gasteiger partial charge on any atom is 0.418 e. The quantitative estimate of drug-likeness (QED) is 0.169. The van der Waals surface area contributed by atoms with Crippen LogP contribution in [0.5, 0.6) is 0 Å². The van der Waals surface area contributed by atoms with Crippen LogP contribution in [0.25, 0.3) is 22.2 Å². The molecule has 0 aliphatic carbocycles. The summed E-state index contributed by atoms with van der Waals surface area (Å²) in [5, 5.41) is 4.27. The van der Waals surface area contributed by atoms with E-state index in [-0.39, 0.29) is 16.6 Å². The maximum atomic E-state index is 14.5. The molecule has 0 saturated carbocycles. The Labute approximate surface area is 220 Å². The van der Waals surface area contributed by atoms with Crippen LogP contribution in [-0.2, 0) is 12.7 Å². The molecule has 1 aromatic heterocycles. The summed E-state index contributed by atoms with van der Waals surface area (Å²) in [7, 11) is 0. The van der Waals surface area contributed by atoms with Crippen molar-refractivity contribution in [3.8, 4) is 23.1 Å². The molecule has 0 aliphatic heterocycles. The molecule has 39 heavy (non-hydrogen) atoms. The van der Waals surface area contributed by atoms with Gasteiger partial charge in [-0.15, -0.1) is 0 Å². The van der Waals surface area contributed by atoms with Gasteiger partial charge in [0, 0.05) is 39.8 Å². The highest BCUT2D eigenvalue weighted by molar-refractivity contribution is 5.95. The lowest BCUT2D eigenvalue weighted by Gasteiger charge is -2.10. The number of fused-ring (bicyclic) bond motifs is 1. The van der Waals surface area contributed by atoms with Crippen molar-refractivity contribution in [2.24, 2.45) is 0 Å². The van der Waals surface area contributed by atoms with E-state index < -0.39 is 41.3 Å². The van der Waals surface area contributed by atoms with Crippen LogP contribution in [0.15, 0.2) is 72.8 Å². The number of benzene rings is 4. The normalized spacial score (nSPS) is 11.5. The molecule has 0 radical (unpaired) electrons. The summed E-state index contributed by atoms with van der Waals surface area (Å²) in [5.74, 6) is 2.80.